The smallest absolute Gasteiger partial charge is 0.344 e. The second-order valence-corrected chi connectivity index (χ2v) is 7.93. The lowest BCUT2D eigenvalue weighted by Crippen LogP contribution is -2.23. The van der Waals surface area contributed by atoms with Crippen LogP contribution in [0.4, 0.5) is 0 Å². The Morgan fingerprint density at radius 3 is 2.52 bits per heavy atom. The van der Waals surface area contributed by atoms with Gasteiger partial charge >= 0.3 is 5.97 Å². The number of carbonyl (C=O) groups is 2. The summed E-state index contributed by atoms with van der Waals surface area (Å²) in [6.45, 7) is 2.51. The van der Waals surface area contributed by atoms with Crippen LogP contribution in [-0.2, 0) is 16.0 Å². The molecule has 0 saturated heterocycles. The summed E-state index contributed by atoms with van der Waals surface area (Å²) in [4.78, 5) is 24.5. The molecule has 0 unspecified atom stereocenters. The fraction of sp³-hybridized carbons (Fsp3) is 0.440. The molecular formula is C25H28O6. The molecule has 0 N–H and O–H groups in total. The van der Waals surface area contributed by atoms with Gasteiger partial charge in [-0.1, -0.05) is 24.6 Å². The fourth-order valence-electron chi connectivity index (χ4n) is 4.13. The van der Waals surface area contributed by atoms with Crippen molar-refractivity contribution in [2.24, 2.45) is 5.92 Å². The molecule has 0 bridgehead atoms. The Morgan fingerprint density at radius 1 is 1.00 bits per heavy atom. The van der Waals surface area contributed by atoms with E-state index in [4.69, 9.17) is 18.9 Å². The Morgan fingerprint density at radius 2 is 1.81 bits per heavy atom. The maximum Gasteiger partial charge on any atom is 0.344 e. The topological polar surface area (TPSA) is 71.1 Å². The highest BCUT2D eigenvalue weighted by Crippen LogP contribution is 2.46. The number of rotatable bonds is 9. The largest absolute Gasteiger partial charge is 0.493 e. The van der Waals surface area contributed by atoms with E-state index in [1.54, 1.807) is 7.11 Å². The summed E-state index contributed by atoms with van der Waals surface area (Å²) >= 11 is 0. The molecule has 6 nitrogen and oxygen atoms in total. The SMILES string of the molecule is CCOc1c(OC)ccc(-c2cccc3c2CCC3=O)c1OCC(=O)OCC1CCC1. The molecule has 2 aliphatic rings. The number of methoxy groups -OCH3 is 1. The van der Waals surface area contributed by atoms with Gasteiger partial charge in [0.15, 0.2) is 23.9 Å². The van der Waals surface area contributed by atoms with Crippen LogP contribution in [-0.4, -0.2) is 38.7 Å². The predicted molar refractivity (Wildman–Crippen MR) is 116 cm³/mol. The summed E-state index contributed by atoms with van der Waals surface area (Å²) in [6, 6.07) is 9.40. The standard InChI is InChI=1S/C25H28O6/c1-3-29-25-22(28-2)13-11-20(17-8-5-9-19-18(17)10-12-21(19)26)24(25)31-15-23(27)30-14-16-6-4-7-16/h5,8-9,11,13,16H,3-4,6-7,10,12,14-15H2,1-2H3. The molecule has 31 heavy (non-hydrogen) atoms. The third-order valence-corrected chi connectivity index (χ3v) is 5.99. The number of Topliss-reactive ketones (excluding diaryl/α,β-unsaturated/α-hetero) is 1. The van der Waals surface area contributed by atoms with Crippen molar-refractivity contribution in [3.8, 4) is 28.4 Å². The van der Waals surface area contributed by atoms with Crippen LogP contribution < -0.4 is 14.2 Å². The Kier molecular flexibility index (Phi) is 6.44. The molecular weight excluding hydrogens is 396 g/mol. The number of ether oxygens (including phenoxy) is 4. The number of carbonyl (C=O) groups excluding carboxylic acids is 2. The van der Waals surface area contributed by atoms with E-state index in [1.807, 2.05) is 37.3 Å². The average molecular weight is 424 g/mol. The van der Waals surface area contributed by atoms with Gasteiger partial charge < -0.3 is 18.9 Å². The molecule has 6 heteroatoms. The maximum atomic E-state index is 12.3. The van der Waals surface area contributed by atoms with Crippen LogP contribution in [0.2, 0.25) is 0 Å². The van der Waals surface area contributed by atoms with Gasteiger partial charge in [-0.15, -0.1) is 0 Å². The minimum atomic E-state index is -0.406. The molecule has 4 rings (SSSR count). The first kappa shape index (κ1) is 21.2. The average Bonchev–Trinajstić information content (AvgIpc) is 3.12. The zero-order valence-electron chi connectivity index (χ0n) is 18.1. The Balaban J connectivity index is 1.66. The molecule has 2 aliphatic carbocycles. The van der Waals surface area contributed by atoms with Crippen molar-refractivity contribution >= 4 is 11.8 Å². The fourth-order valence-corrected chi connectivity index (χ4v) is 4.13. The molecule has 1 fully saturated rings. The van der Waals surface area contributed by atoms with E-state index in [0.717, 1.165) is 35.1 Å². The second kappa shape index (κ2) is 9.41. The van der Waals surface area contributed by atoms with Gasteiger partial charge in [0.1, 0.15) is 0 Å². The van der Waals surface area contributed by atoms with E-state index in [1.165, 1.54) is 6.42 Å². The molecule has 2 aromatic rings. The van der Waals surface area contributed by atoms with E-state index >= 15 is 0 Å². The van der Waals surface area contributed by atoms with E-state index in [9.17, 15) is 9.59 Å². The highest BCUT2D eigenvalue weighted by atomic mass is 16.6. The van der Waals surface area contributed by atoms with Crippen LogP contribution in [0.5, 0.6) is 17.2 Å². The molecule has 0 radical (unpaired) electrons. The van der Waals surface area contributed by atoms with Gasteiger partial charge in [0, 0.05) is 17.5 Å². The van der Waals surface area contributed by atoms with Crippen LogP contribution in [0.15, 0.2) is 30.3 Å². The normalized spacial score (nSPS) is 15.2. The minimum Gasteiger partial charge on any atom is -0.493 e. The molecule has 164 valence electrons. The van der Waals surface area contributed by atoms with Crippen LogP contribution in [0.25, 0.3) is 11.1 Å². The number of benzene rings is 2. The van der Waals surface area contributed by atoms with E-state index < -0.39 is 5.97 Å². The van der Waals surface area contributed by atoms with Crippen molar-refractivity contribution in [2.75, 3.05) is 26.9 Å². The first-order chi connectivity index (χ1) is 15.1. The predicted octanol–water partition coefficient (Wildman–Crippen LogP) is 4.61. The van der Waals surface area contributed by atoms with Crippen LogP contribution in [0, 0.1) is 5.92 Å². The molecule has 0 spiro atoms. The van der Waals surface area contributed by atoms with Crippen molar-refractivity contribution in [1.82, 2.24) is 0 Å². The third kappa shape index (κ3) is 4.38. The molecule has 0 atom stereocenters. The Labute approximate surface area is 182 Å². The number of hydrogen-bond acceptors (Lipinski definition) is 6. The molecule has 0 aromatic heterocycles. The monoisotopic (exact) mass is 424 g/mol. The first-order valence-electron chi connectivity index (χ1n) is 10.9. The molecule has 0 amide bonds. The summed E-state index contributed by atoms with van der Waals surface area (Å²) < 4.78 is 22.7. The highest BCUT2D eigenvalue weighted by molar-refractivity contribution is 6.02. The highest BCUT2D eigenvalue weighted by Gasteiger charge is 2.26. The lowest BCUT2D eigenvalue weighted by atomic mass is 9.86. The zero-order chi connectivity index (χ0) is 21.8. The number of esters is 1. The summed E-state index contributed by atoms with van der Waals surface area (Å²) in [6.07, 6.45) is 4.61. The van der Waals surface area contributed by atoms with Gasteiger partial charge in [-0.25, -0.2) is 4.79 Å². The molecule has 1 saturated carbocycles. The Hall–Kier alpha value is -3.02. The third-order valence-electron chi connectivity index (χ3n) is 5.99. The molecule has 0 aliphatic heterocycles. The van der Waals surface area contributed by atoms with Gasteiger partial charge in [0.25, 0.3) is 0 Å². The quantitative estimate of drug-likeness (QED) is 0.548. The Bertz CT molecular complexity index is 976. The molecule has 0 heterocycles. The summed E-state index contributed by atoms with van der Waals surface area (Å²) in [5.74, 6) is 1.60. The maximum absolute atomic E-state index is 12.3. The summed E-state index contributed by atoms with van der Waals surface area (Å²) in [7, 11) is 1.56. The van der Waals surface area contributed by atoms with E-state index in [-0.39, 0.29) is 12.4 Å². The lowest BCUT2D eigenvalue weighted by Gasteiger charge is -2.24. The number of fused-ring (bicyclic) bond motifs is 1. The van der Waals surface area contributed by atoms with Crippen LogP contribution >= 0.6 is 0 Å². The zero-order valence-corrected chi connectivity index (χ0v) is 18.1. The van der Waals surface area contributed by atoms with Gasteiger partial charge in [-0.05, 0) is 55.4 Å². The summed E-state index contributed by atoms with van der Waals surface area (Å²) in [5.41, 5.74) is 3.42. The van der Waals surface area contributed by atoms with Crippen LogP contribution in [0.3, 0.4) is 0 Å². The second-order valence-electron chi connectivity index (χ2n) is 7.93. The van der Waals surface area contributed by atoms with Crippen molar-refractivity contribution in [3.63, 3.8) is 0 Å². The van der Waals surface area contributed by atoms with Crippen molar-refractivity contribution in [2.45, 2.75) is 39.0 Å². The number of hydrogen-bond donors (Lipinski definition) is 0. The van der Waals surface area contributed by atoms with Gasteiger partial charge in [0.05, 0.1) is 20.3 Å². The van der Waals surface area contributed by atoms with Crippen LogP contribution in [0.1, 0.15) is 48.5 Å². The summed E-state index contributed by atoms with van der Waals surface area (Å²) in [5, 5.41) is 0. The van der Waals surface area contributed by atoms with E-state index in [2.05, 4.69) is 0 Å². The van der Waals surface area contributed by atoms with Crippen molar-refractivity contribution < 1.29 is 28.5 Å². The minimum absolute atomic E-state index is 0.150. The van der Waals surface area contributed by atoms with E-state index in [0.29, 0.717) is 49.2 Å². The van der Waals surface area contributed by atoms with Crippen molar-refractivity contribution in [1.29, 1.82) is 0 Å². The van der Waals surface area contributed by atoms with Gasteiger partial charge in [-0.3, -0.25) is 4.79 Å². The van der Waals surface area contributed by atoms with Gasteiger partial charge in [-0.2, -0.15) is 0 Å². The van der Waals surface area contributed by atoms with Crippen molar-refractivity contribution in [3.05, 3.63) is 41.5 Å². The number of ketones is 1. The van der Waals surface area contributed by atoms with Gasteiger partial charge in [0.2, 0.25) is 5.75 Å². The first-order valence-corrected chi connectivity index (χ1v) is 10.9. The lowest BCUT2D eigenvalue weighted by molar-refractivity contribution is -0.148. The molecule has 2 aromatic carbocycles.